The van der Waals surface area contributed by atoms with E-state index in [9.17, 15) is 0 Å². The Hall–Kier alpha value is -0.560. The lowest BCUT2D eigenvalue weighted by molar-refractivity contribution is 0.337. The maximum Gasteiger partial charge on any atom is 0.0162 e. The predicted molar refractivity (Wildman–Crippen MR) is 61.0 cm³/mol. The minimum absolute atomic E-state index is 1.10. The molecule has 0 heterocycles. The molecule has 1 nitrogen and oxygen atoms in total. The number of likely N-dealkylation sites (N-methyl/N-ethyl adjacent to an activating group) is 1. The minimum atomic E-state index is 1.10. The van der Waals surface area contributed by atoms with E-state index in [1.165, 1.54) is 12.8 Å². The Morgan fingerprint density at radius 3 is 2.31 bits per heavy atom. The molecule has 0 saturated heterocycles. The number of hydrogen-bond acceptors (Lipinski definition) is 1. The van der Waals surface area contributed by atoms with Crippen LogP contribution < -0.4 is 0 Å². The van der Waals surface area contributed by atoms with Gasteiger partial charge in [0.15, 0.2) is 0 Å². The maximum atomic E-state index is 3.70. The van der Waals surface area contributed by atoms with E-state index in [0.717, 1.165) is 26.1 Å². The topological polar surface area (TPSA) is 3.24 Å². The summed E-state index contributed by atoms with van der Waals surface area (Å²) in [5, 5.41) is 0. The first-order valence-corrected chi connectivity index (χ1v) is 5.33. The Morgan fingerprint density at radius 1 is 1.08 bits per heavy atom. The molecule has 13 heavy (non-hydrogen) atoms. The first-order chi connectivity index (χ1) is 6.35. The summed E-state index contributed by atoms with van der Waals surface area (Å²) in [6, 6.07) is 0. The highest BCUT2D eigenvalue weighted by Gasteiger charge is 1.92. The van der Waals surface area contributed by atoms with E-state index in [2.05, 4.69) is 37.5 Å². The minimum Gasteiger partial charge on any atom is -0.300 e. The van der Waals surface area contributed by atoms with Crippen molar-refractivity contribution in [2.24, 2.45) is 0 Å². The van der Waals surface area contributed by atoms with Crippen molar-refractivity contribution in [1.82, 2.24) is 4.90 Å². The lowest BCUT2D eigenvalue weighted by Crippen LogP contribution is -2.22. The van der Waals surface area contributed by atoms with Crippen molar-refractivity contribution in [3.63, 3.8) is 0 Å². The molecule has 0 radical (unpaired) electrons. The van der Waals surface area contributed by atoms with Gasteiger partial charge in [-0.1, -0.05) is 32.1 Å². The largest absolute Gasteiger partial charge is 0.300 e. The highest BCUT2D eigenvalue weighted by atomic mass is 15.1. The molecule has 0 bridgehead atoms. The standard InChI is InChI=1S/C12H23N/c1-4-7-8-9-10-11-12-13(5-2)6-3/h4,10-11H,1,5-9,12H2,2-3H3/b11-10+. The van der Waals surface area contributed by atoms with Gasteiger partial charge in [-0.25, -0.2) is 0 Å². The van der Waals surface area contributed by atoms with Gasteiger partial charge in [-0.3, -0.25) is 0 Å². The highest BCUT2D eigenvalue weighted by molar-refractivity contribution is 4.85. The summed E-state index contributed by atoms with van der Waals surface area (Å²) in [6.07, 6.45) is 10.1. The highest BCUT2D eigenvalue weighted by Crippen LogP contribution is 1.97. The van der Waals surface area contributed by atoms with E-state index in [0.29, 0.717) is 0 Å². The first-order valence-electron chi connectivity index (χ1n) is 5.33. The van der Waals surface area contributed by atoms with E-state index < -0.39 is 0 Å². The van der Waals surface area contributed by atoms with Crippen LogP contribution >= 0.6 is 0 Å². The van der Waals surface area contributed by atoms with Crippen LogP contribution in [0.15, 0.2) is 24.8 Å². The second-order valence-electron chi connectivity index (χ2n) is 3.18. The SMILES string of the molecule is C=CCCC/C=C/CN(CC)CC. The first kappa shape index (κ1) is 12.4. The Balaban J connectivity index is 3.33. The van der Waals surface area contributed by atoms with E-state index >= 15 is 0 Å². The fourth-order valence-corrected chi connectivity index (χ4v) is 1.20. The number of allylic oxidation sites excluding steroid dienone is 2. The van der Waals surface area contributed by atoms with Crippen molar-refractivity contribution < 1.29 is 0 Å². The molecular weight excluding hydrogens is 158 g/mol. The molecule has 0 aromatic carbocycles. The van der Waals surface area contributed by atoms with E-state index in [-0.39, 0.29) is 0 Å². The van der Waals surface area contributed by atoms with Crippen molar-refractivity contribution in [2.45, 2.75) is 33.1 Å². The molecule has 0 rings (SSSR count). The smallest absolute Gasteiger partial charge is 0.0162 e. The monoisotopic (exact) mass is 181 g/mol. The second-order valence-corrected chi connectivity index (χ2v) is 3.18. The molecule has 0 atom stereocenters. The van der Waals surface area contributed by atoms with E-state index in [1.807, 2.05) is 6.08 Å². The van der Waals surface area contributed by atoms with E-state index in [4.69, 9.17) is 0 Å². The second kappa shape index (κ2) is 9.53. The Bertz CT molecular complexity index is 134. The third-order valence-electron chi connectivity index (χ3n) is 2.20. The van der Waals surface area contributed by atoms with Crippen LogP contribution in [0.1, 0.15) is 33.1 Å². The number of unbranched alkanes of at least 4 members (excludes halogenated alkanes) is 2. The lowest BCUT2D eigenvalue weighted by Gasteiger charge is -2.14. The van der Waals surface area contributed by atoms with Gasteiger partial charge >= 0.3 is 0 Å². The van der Waals surface area contributed by atoms with Gasteiger partial charge in [-0.15, -0.1) is 6.58 Å². The third kappa shape index (κ3) is 7.79. The van der Waals surface area contributed by atoms with Gasteiger partial charge in [0.1, 0.15) is 0 Å². The normalized spacial score (nSPS) is 11.3. The van der Waals surface area contributed by atoms with Crippen LogP contribution in [0, 0.1) is 0 Å². The van der Waals surface area contributed by atoms with Crippen LogP contribution in [-0.2, 0) is 0 Å². The summed E-state index contributed by atoms with van der Waals surface area (Å²) in [4.78, 5) is 2.41. The summed E-state index contributed by atoms with van der Waals surface area (Å²) in [6.45, 7) is 11.5. The lowest BCUT2D eigenvalue weighted by atomic mass is 10.2. The molecule has 0 aliphatic heterocycles. The Morgan fingerprint density at radius 2 is 1.77 bits per heavy atom. The molecule has 0 N–H and O–H groups in total. The summed E-state index contributed by atoms with van der Waals surface area (Å²) in [7, 11) is 0. The zero-order valence-corrected chi connectivity index (χ0v) is 9.13. The zero-order chi connectivity index (χ0) is 9.94. The van der Waals surface area contributed by atoms with Crippen molar-refractivity contribution >= 4 is 0 Å². The van der Waals surface area contributed by atoms with Crippen molar-refractivity contribution in [1.29, 1.82) is 0 Å². The Kier molecular flexibility index (Phi) is 9.12. The zero-order valence-electron chi connectivity index (χ0n) is 9.13. The molecule has 0 aliphatic rings. The van der Waals surface area contributed by atoms with Crippen molar-refractivity contribution in [3.05, 3.63) is 24.8 Å². The molecular formula is C12H23N. The molecule has 0 amide bonds. The number of rotatable bonds is 8. The van der Waals surface area contributed by atoms with Crippen LogP contribution in [0.3, 0.4) is 0 Å². The molecule has 76 valence electrons. The predicted octanol–water partition coefficient (Wildman–Crippen LogP) is 3.24. The average Bonchev–Trinajstić information content (AvgIpc) is 2.17. The van der Waals surface area contributed by atoms with Gasteiger partial charge in [-0.2, -0.15) is 0 Å². The van der Waals surface area contributed by atoms with Gasteiger partial charge in [0, 0.05) is 6.54 Å². The fourth-order valence-electron chi connectivity index (χ4n) is 1.20. The quantitative estimate of drug-likeness (QED) is 0.410. The number of hydrogen-bond donors (Lipinski definition) is 0. The van der Waals surface area contributed by atoms with Crippen molar-refractivity contribution in [3.8, 4) is 0 Å². The van der Waals surface area contributed by atoms with Crippen LogP contribution in [0.5, 0.6) is 0 Å². The molecule has 0 aromatic rings. The van der Waals surface area contributed by atoms with Crippen molar-refractivity contribution in [2.75, 3.05) is 19.6 Å². The molecule has 0 unspecified atom stereocenters. The summed E-state index contributed by atoms with van der Waals surface area (Å²) in [5.41, 5.74) is 0. The molecule has 0 aromatic heterocycles. The molecule has 1 heteroatoms. The van der Waals surface area contributed by atoms with Gasteiger partial charge in [0.2, 0.25) is 0 Å². The van der Waals surface area contributed by atoms with E-state index in [1.54, 1.807) is 0 Å². The van der Waals surface area contributed by atoms with Gasteiger partial charge in [-0.05, 0) is 32.4 Å². The Labute approximate surface area is 83.1 Å². The van der Waals surface area contributed by atoms with Crippen LogP contribution in [0.4, 0.5) is 0 Å². The average molecular weight is 181 g/mol. The van der Waals surface area contributed by atoms with Gasteiger partial charge < -0.3 is 4.90 Å². The van der Waals surface area contributed by atoms with Crippen LogP contribution in [0.2, 0.25) is 0 Å². The molecule has 0 fully saturated rings. The number of nitrogens with zero attached hydrogens (tertiary/aromatic N) is 1. The molecule has 0 saturated carbocycles. The summed E-state index contributed by atoms with van der Waals surface area (Å²) >= 11 is 0. The third-order valence-corrected chi connectivity index (χ3v) is 2.20. The molecule has 0 aliphatic carbocycles. The van der Waals surface area contributed by atoms with Crippen LogP contribution in [0.25, 0.3) is 0 Å². The maximum absolute atomic E-state index is 3.70. The molecule has 0 spiro atoms. The summed E-state index contributed by atoms with van der Waals surface area (Å²) < 4.78 is 0. The van der Waals surface area contributed by atoms with Gasteiger partial charge in [0.25, 0.3) is 0 Å². The van der Waals surface area contributed by atoms with Crippen LogP contribution in [-0.4, -0.2) is 24.5 Å². The van der Waals surface area contributed by atoms with Gasteiger partial charge in [0.05, 0.1) is 0 Å². The summed E-state index contributed by atoms with van der Waals surface area (Å²) in [5.74, 6) is 0. The fraction of sp³-hybridized carbons (Fsp3) is 0.667.